The van der Waals surface area contributed by atoms with Gasteiger partial charge in [-0.25, -0.2) is 0 Å². The number of carbonyl (C=O) groups excluding carboxylic acids is 2. The number of hydrogen-bond donors (Lipinski definition) is 1. The standard InChI is InChI=1S/C17H20N6O2/c1-11(24)22-9-7-12-10-13(5-6-14(12)22)17(25)23-8-3-2-4-15(23)16-18-20-21-19-16/h5-6,10,15H,2-4,7-9H2,1H3,(H,18,19,20,21). The van der Waals surface area contributed by atoms with E-state index in [9.17, 15) is 9.59 Å². The smallest absolute Gasteiger partial charge is 0.254 e. The summed E-state index contributed by atoms with van der Waals surface area (Å²) in [7, 11) is 0. The van der Waals surface area contributed by atoms with Gasteiger partial charge in [-0.1, -0.05) is 5.21 Å². The van der Waals surface area contributed by atoms with E-state index in [0.29, 0.717) is 24.5 Å². The Bertz CT molecular complexity index is 803. The third-order valence-corrected chi connectivity index (χ3v) is 5.03. The number of fused-ring (bicyclic) bond motifs is 1. The van der Waals surface area contributed by atoms with Crippen molar-refractivity contribution in [2.24, 2.45) is 0 Å². The number of nitrogens with one attached hydrogen (secondary N) is 1. The van der Waals surface area contributed by atoms with E-state index in [4.69, 9.17) is 0 Å². The predicted molar refractivity (Wildman–Crippen MR) is 90.0 cm³/mol. The number of aromatic nitrogens is 4. The SMILES string of the molecule is CC(=O)N1CCc2cc(C(=O)N3CCCCC3c3nn[nH]n3)ccc21. The molecule has 2 aliphatic rings. The van der Waals surface area contributed by atoms with Crippen molar-refractivity contribution in [1.82, 2.24) is 25.5 Å². The Kier molecular flexibility index (Phi) is 3.95. The molecule has 1 atom stereocenters. The molecule has 0 aliphatic carbocycles. The number of piperidine rings is 1. The van der Waals surface area contributed by atoms with Gasteiger partial charge in [-0.05, 0) is 49.4 Å². The Hall–Kier alpha value is -2.77. The molecule has 0 radical (unpaired) electrons. The number of hydrogen-bond acceptors (Lipinski definition) is 5. The van der Waals surface area contributed by atoms with Crippen LogP contribution in [0.1, 0.15) is 54.0 Å². The molecule has 1 fully saturated rings. The van der Waals surface area contributed by atoms with Crippen molar-refractivity contribution in [2.75, 3.05) is 18.0 Å². The molecule has 25 heavy (non-hydrogen) atoms. The number of H-pyrrole nitrogens is 1. The molecule has 1 aromatic carbocycles. The van der Waals surface area contributed by atoms with Crippen molar-refractivity contribution >= 4 is 17.5 Å². The second-order valence-corrected chi connectivity index (χ2v) is 6.54. The van der Waals surface area contributed by atoms with Gasteiger partial charge >= 0.3 is 0 Å². The maximum Gasteiger partial charge on any atom is 0.254 e. The van der Waals surface area contributed by atoms with Crippen LogP contribution in [-0.4, -0.2) is 50.4 Å². The van der Waals surface area contributed by atoms with Crippen LogP contribution in [0.3, 0.4) is 0 Å². The van der Waals surface area contributed by atoms with Crippen LogP contribution in [0.4, 0.5) is 5.69 Å². The lowest BCUT2D eigenvalue weighted by molar-refractivity contribution is -0.116. The number of anilines is 1. The summed E-state index contributed by atoms with van der Waals surface area (Å²) in [5.74, 6) is 0.585. The van der Waals surface area contributed by atoms with Gasteiger partial charge in [0.2, 0.25) is 5.91 Å². The molecule has 1 N–H and O–H groups in total. The normalized spacial score (nSPS) is 19.8. The zero-order chi connectivity index (χ0) is 17.4. The molecule has 8 heteroatoms. The number of nitrogens with zero attached hydrogens (tertiary/aromatic N) is 5. The average Bonchev–Trinajstić information content (AvgIpc) is 3.30. The first-order valence-electron chi connectivity index (χ1n) is 8.60. The quantitative estimate of drug-likeness (QED) is 0.893. The van der Waals surface area contributed by atoms with E-state index in [1.54, 1.807) is 11.8 Å². The van der Waals surface area contributed by atoms with Gasteiger partial charge in [0.15, 0.2) is 5.82 Å². The molecule has 0 saturated carbocycles. The molecule has 130 valence electrons. The third kappa shape index (κ3) is 2.77. The van der Waals surface area contributed by atoms with Gasteiger partial charge in [-0.3, -0.25) is 9.59 Å². The fourth-order valence-electron chi connectivity index (χ4n) is 3.78. The van der Waals surface area contributed by atoms with Crippen LogP contribution in [0.25, 0.3) is 0 Å². The molecule has 1 aromatic heterocycles. The Morgan fingerprint density at radius 1 is 1.24 bits per heavy atom. The van der Waals surface area contributed by atoms with Crippen LogP contribution in [0.5, 0.6) is 0 Å². The van der Waals surface area contributed by atoms with Gasteiger partial charge in [0.1, 0.15) is 0 Å². The predicted octanol–water partition coefficient (Wildman–Crippen LogP) is 1.48. The highest BCUT2D eigenvalue weighted by Crippen LogP contribution is 2.32. The Morgan fingerprint density at radius 2 is 2.12 bits per heavy atom. The molecule has 0 bridgehead atoms. The van der Waals surface area contributed by atoms with Crippen molar-refractivity contribution in [3.8, 4) is 0 Å². The maximum atomic E-state index is 13.1. The average molecular weight is 340 g/mol. The summed E-state index contributed by atoms with van der Waals surface area (Å²) < 4.78 is 0. The van der Waals surface area contributed by atoms with Gasteiger partial charge in [0.25, 0.3) is 5.91 Å². The summed E-state index contributed by atoms with van der Waals surface area (Å²) >= 11 is 0. The molecule has 4 rings (SSSR count). The summed E-state index contributed by atoms with van der Waals surface area (Å²) in [6.07, 6.45) is 3.64. The molecular weight excluding hydrogens is 320 g/mol. The van der Waals surface area contributed by atoms with Crippen LogP contribution in [-0.2, 0) is 11.2 Å². The molecule has 2 amide bonds. The molecule has 8 nitrogen and oxygen atoms in total. The Balaban J connectivity index is 1.61. The highest BCUT2D eigenvalue weighted by molar-refractivity contribution is 5.98. The lowest BCUT2D eigenvalue weighted by Crippen LogP contribution is -2.39. The largest absolute Gasteiger partial charge is 0.328 e. The van der Waals surface area contributed by atoms with E-state index in [1.165, 1.54) is 0 Å². The second kappa shape index (κ2) is 6.27. The van der Waals surface area contributed by atoms with Crippen molar-refractivity contribution < 1.29 is 9.59 Å². The van der Waals surface area contributed by atoms with Crippen LogP contribution in [0, 0.1) is 0 Å². The molecular formula is C17H20N6O2. The van der Waals surface area contributed by atoms with E-state index in [0.717, 1.165) is 36.9 Å². The number of aromatic amines is 1. The Morgan fingerprint density at radius 3 is 2.88 bits per heavy atom. The van der Waals surface area contributed by atoms with Crippen molar-refractivity contribution in [3.05, 3.63) is 35.2 Å². The van der Waals surface area contributed by atoms with Crippen LogP contribution in [0.15, 0.2) is 18.2 Å². The second-order valence-electron chi connectivity index (χ2n) is 6.54. The number of amides is 2. The van der Waals surface area contributed by atoms with Gasteiger partial charge in [-0.15, -0.1) is 10.2 Å². The van der Waals surface area contributed by atoms with E-state index in [-0.39, 0.29) is 17.9 Å². The summed E-state index contributed by atoms with van der Waals surface area (Å²) in [4.78, 5) is 28.4. The monoisotopic (exact) mass is 340 g/mol. The number of likely N-dealkylation sites (tertiary alicyclic amines) is 1. The molecule has 2 aliphatic heterocycles. The van der Waals surface area contributed by atoms with Crippen molar-refractivity contribution in [3.63, 3.8) is 0 Å². The van der Waals surface area contributed by atoms with Gasteiger partial charge in [0.05, 0.1) is 6.04 Å². The molecule has 3 heterocycles. The number of carbonyl (C=O) groups is 2. The van der Waals surface area contributed by atoms with Crippen LogP contribution >= 0.6 is 0 Å². The minimum Gasteiger partial charge on any atom is -0.328 e. The van der Waals surface area contributed by atoms with Crippen LogP contribution in [0.2, 0.25) is 0 Å². The minimum absolute atomic E-state index is 0.0152. The molecule has 1 saturated heterocycles. The van der Waals surface area contributed by atoms with Gasteiger partial charge in [0, 0.05) is 31.3 Å². The fourth-order valence-corrected chi connectivity index (χ4v) is 3.78. The first-order valence-corrected chi connectivity index (χ1v) is 8.60. The number of rotatable bonds is 2. The maximum absolute atomic E-state index is 13.1. The lowest BCUT2D eigenvalue weighted by Gasteiger charge is -2.34. The van der Waals surface area contributed by atoms with E-state index < -0.39 is 0 Å². The van der Waals surface area contributed by atoms with Crippen molar-refractivity contribution in [2.45, 2.75) is 38.6 Å². The molecule has 2 aromatic rings. The highest BCUT2D eigenvalue weighted by Gasteiger charge is 2.32. The Labute approximate surface area is 145 Å². The third-order valence-electron chi connectivity index (χ3n) is 5.03. The number of benzene rings is 1. The highest BCUT2D eigenvalue weighted by atomic mass is 16.2. The lowest BCUT2D eigenvalue weighted by atomic mass is 9.99. The van der Waals surface area contributed by atoms with Gasteiger partial charge < -0.3 is 9.80 Å². The fraction of sp³-hybridized carbons (Fsp3) is 0.471. The van der Waals surface area contributed by atoms with Gasteiger partial charge in [-0.2, -0.15) is 5.21 Å². The first-order chi connectivity index (χ1) is 12.1. The van der Waals surface area contributed by atoms with E-state index >= 15 is 0 Å². The number of tetrazole rings is 1. The molecule has 1 unspecified atom stereocenters. The summed E-state index contributed by atoms with van der Waals surface area (Å²) in [5.41, 5.74) is 2.62. The van der Waals surface area contributed by atoms with Crippen LogP contribution < -0.4 is 4.90 Å². The molecule has 0 spiro atoms. The van der Waals surface area contributed by atoms with E-state index in [2.05, 4.69) is 20.6 Å². The summed E-state index contributed by atoms with van der Waals surface area (Å²) in [6, 6.07) is 5.47. The topological polar surface area (TPSA) is 95.1 Å². The zero-order valence-corrected chi connectivity index (χ0v) is 14.1. The summed E-state index contributed by atoms with van der Waals surface area (Å²) in [5, 5.41) is 14.2. The zero-order valence-electron chi connectivity index (χ0n) is 14.1. The minimum atomic E-state index is -0.137. The first kappa shape index (κ1) is 15.7. The van der Waals surface area contributed by atoms with E-state index in [1.807, 2.05) is 23.1 Å². The van der Waals surface area contributed by atoms with Crippen molar-refractivity contribution in [1.29, 1.82) is 0 Å². The summed E-state index contributed by atoms with van der Waals surface area (Å²) in [6.45, 7) is 2.93.